The molecule has 0 bridgehead atoms. The van der Waals surface area contributed by atoms with Gasteiger partial charge in [0.1, 0.15) is 11.3 Å². The Bertz CT molecular complexity index is 1140. The van der Waals surface area contributed by atoms with Gasteiger partial charge >= 0.3 is 6.03 Å². The topological polar surface area (TPSA) is 61.9 Å². The Morgan fingerprint density at radius 2 is 1.86 bits per heavy atom. The van der Waals surface area contributed by atoms with Crippen LogP contribution in [0, 0.1) is 11.8 Å². The van der Waals surface area contributed by atoms with Gasteiger partial charge < -0.3 is 10.1 Å². The molecule has 2 aromatic carbocycles. The number of hydrogen-bond donors (Lipinski definition) is 1. The van der Waals surface area contributed by atoms with Crippen molar-refractivity contribution in [3.8, 4) is 5.75 Å². The number of carbonyl (C=O) groups excluding carboxylic acids is 2. The van der Waals surface area contributed by atoms with Gasteiger partial charge in [0.15, 0.2) is 0 Å². The fourth-order valence-corrected chi connectivity index (χ4v) is 6.24. The van der Waals surface area contributed by atoms with Crippen molar-refractivity contribution in [1.82, 2.24) is 15.1 Å². The normalized spacial score (nSPS) is 25.0. The molecule has 0 spiro atoms. The lowest BCUT2D eigenvalue weighted by atomic mass is 9.73. The summed E-state index contributed by atoms with van der Waals surface area (Å²) in [4.78, 5) is 30.8. The van der Waals surface area contributed by atoms with Gasteiger partial charge in [0, 0.05) is 31.0 Å². The first-order valence-corrected chi connectivity index (χ1v) is 13.2. The van der Waals surface area contributed by atoms with Crippen molar-refractivity contribution < 1.29 is 14.3 Å². The van der Waals surface area contributed by atoms with E-state index in [0.29, 0.717) is 23.9 Å². The number of carbonyl (C=O) groups is 2. The maximum atomic E-state index is 13.9. The van der Waals surface area contributed by atoms with Crippen LogP contribution in [-0.2, 0) is 24.2 Å². The van der Waals surface area contributed by atoms with Crippen LogP contribution < -0.4 is 10.1 Å². The largest absolute Gasteiger partial charge is 0.493 e. The van der Waals surface area contributed by atoms with Crippen LogP contribution in [-0.4, -0.2) is 53.5 Å². The van der Waals surface area contributed by atoms with E-state index in [0.717, 1.165) is 69.7 Å². The van der Waals surface area contributed by atoms with Crippen LogP contribution in [0.15, 0.2) is 42.5 Å². The molecule has 2 saturated heterocycles. The predicted molar refractivity (Wildman–Crippen MR) is 134 cm³/mol. The molecule has 3 amide bonds. The summed E-state index contributed by atoms with van der Waals surface area (Å²) in [7, 11) is 0. The highest BCUT2D eigenvalue weighted by Crippen LogP contribution is 2.40. The number of rotatable bonds is 7. The maximum absolute atomic E-state index is 13.9. The van der Waals surface area contributed by atoms with E-state index in [1.807, 2.05) is 24.3 Å². The minimum Gasteiger partial charge on any atom is -0.493 e. The van der Waals surface area contributed by atoms with Crippen LogP contribution in [0.2, 0.25) is 5.02 Å². The van der Waals surface area contributed by atoms with Crippen LogP contribution in [0.3, 0.4) is 0 Å². The number of amides is 3. The molecule has 6 nitrogen and oxygen atoms in total. The summed E-state index contributed by atoms with van der Waals surface area (Å²) in [5.41, 5.74) is 2.60. The zero-order valence-corrected chi connectivity index (χ0v) is 20.7. The van der Waals surface area contributed by atoms with Gasteiger partial charge in [-0.25, -0.2) is 4.79 Å². The van der Waals surface area contributed by atoms with E-state index >= 15 is 0 Å². The second-order valence-corrected chi connectivity index (χ2v) is 11.0. The molecule has 1 unspecified atom stereocenters. The molecule has 2 aromatic rings. The van der Waals surface area contributed by atoms with Gasteiger partial charge in [-0.1, -0.05) is 41.9 Å². The molecule has 1 N–H and O–H groups in total. The Morgan fingerprint density at radius 3 is 2.63 bits per heavy atom. The molecular weight excluding hydrogens is 462 g/mol. The van der Waals surface area contributed by atoms with Gasteiger partial charge in [-0.2, -0.15) is 0 Å². The number of halogens is 1. The van der Waals surface area contributed by atoms with E-state index in [4.69, 9.17) is 16.3 Å². The van der Waals surface area contributed by atoms with Gasteiger partial charge in [-0.15, -0.1) is 0 Å². The number of ether oxygens (including phenoxy) is 1. The quantitative estimate of drug-likeness (QED) is 0.580. The first kappa shape index (κ1) is 22.9. The van der Waals surface area contributed by atoms with E-state index in [1.165, 1.54) is 16.0 Å². The Labute approximate surface area is 211 Å². The summed E-state index contributed by atoms with van der Waals surface area (Å²) in [6.07, 6.45) is 5.34. The zero-order valence-electron chi connectivity index (χ0n) is 20.0. The Balaban J connectivity index is 1.20. The second-order valence-electron chi connectivity index (χ2n) is 10.6. The van der Waals surface area contributed by atoms with E-state index in [-0.39, 0.29) is 17.9 Å². The fourth-order valence-electron chi connectivity index (χ4n) is 6.03. The Kier molecular flexibility index (Phi) is 5.97. The second kappa shape index (κ2) is 9.14. The lowest BCUT2D eigenvalue weighted by Gasteiger charge is -2.41. The standard InChI is InChI=1S/C28H32ClN3O3/c29-24-4-2-1-3-22(24)16-28(26(33)32(27(34)30-28)18-19-5-6-19)23-9-12-31(13-10-23)17-20-7-8-25-21(15-20)11-14-35-25/h1-4,7-8,15,19,23H,5-6,9-14,16-18H2,(H,30,34). The number of nitrogens with one attached hydrogen (secondary N) is 1. The average Bonchev–Trinajstić information content (AvgIpc) is 3.51. The molecule has 1 aliphatic carbocycles. The monoisotopic (exact) mass is 493 g/mol. The summed E-state index contributed by atoms with van der Waals surface area (Å²) >= 11 is 6.52. The fraction of sp³-hybridized carbons (Fsp3) is 0.500. The van der Waals surface area contributed by atoms with Gasteiger partial charge in [-0.3, -0.25) is 14.6 Å². The highest BCUT2D eigenvalue weighted by Gasteiger charge is 2.56. The van der Waals surface area contributed by atoms with Crippen molar-refractivity contribution in [2.45, 2.75) is 50.6 Å². The third-order valence-electron chi connectivity index (χ3n) is 8.21. The third kappa shape index (κ3) is 4.43. The molecular formula is C28H32ClN3O3. The summed E-state index contributed by atoms with van der Waals surface area (Å²) < 4.78 is 5.64. The first-order chi connectivity index (χ1) is 17.0. The Hall–Kier alpha value is -2.57. The van der Waals surface area contributed by atoms with Crippen LogP contribution in [0.25, 0.3) is 0 Å². The van der Waals surface area contributed by atoms with Crippen molar-refractivity contribution in [3.63, 3.8) is 0 Å². The molecule has 4 aliphatic rings. The van der Waals surface area contributed by atoms with E-state index in [1.54, 1.807) is 0 Å². The number of benzene rings is 2. The molecule has 6 rings (SSSR count). The Morgan fingerprint density at radius 1 is 1.06 bits per heavy atom. The van der Waals surface area contributed by atoms with Crippen LogP contribution in [0.5, 0.6) is 5.75 Å². The lowest BCUT2D eigenvalue weighted by Crippen LogP contribution is -2.57. The minimum atomic E-state index is -0.923. The molecule has 3 fully saturated rings. The number of hydrogen-bond acceptors (Lipinski definition) is 4. The number of fused-ring (bicyclic) bond motifs is 1. The highest BCUT2D eigenvalue weighted by atomic mass is 35.5. The SMILES string of the molecule is O=C1NC(Cc2ccccc2Cl)(C2CCN(Cc3ccc4c(c3)CCO4)CC2)C(=O)N1CC1CC1. The third-order valence-corrected chi connectivity index (χ3v) is 8.58. The van der Waals surface area contributed by atoms with Crippen LogP contribution >= 0.6 is 11.6 Å². The number of piperidine rings is 1. The minimum absolute atomic E-state index is 0.0635. The molecule has 1 atom stereocenters. The van der Waals surface area contributed by atoms with Crippen molar-refractivity contribution in [2.24, 2.45) is 11.8 Å². The molecule has 0 aromatic heterocycles. The summed E-state index contributed by atoms with van der Waals surface area (Å²) in [6, 6.07) is 14.0. The molecule has 35 heavy (non-hydrogen) atoms. The van der Waals surface area contributed by atoms with Crippen molar-refractivity contribution in [3.05, 3.63) is 64.2 Å². The van der Waals surface area contributed by atoms with Gasteiger partial charge in [0.25, 0.3) is 5.91 Å². The molecule has 1 saturated carbocycles. The maximum Gasteiger partial charge on any atom is 0.325 e. The van der Waals surface area contributed by atoms with Crippen LogP contribution in [0.1, 0.15) is 42.4 Å². The lowest BCUT2D eigenvalue weighted by molar-refractivity contribution is -0.134. The van der Waals surface area contributed by atoms with Gasteiger partial charge in [-0.05, 0) is 79.4 Å². The molecule has 7 heteroatoms. The van der Waals surface area contributed by atoms with E-state index in [9.17, 15) is 9.59 Å². The van der Waals surface area contributed by atoms with Gasteiger partial charge in [0.05, 0.1) is 6.61 Å². The number of imide groups is 1. The zero-order chi connectivity index (χ0) is 24.0. The van der Waals surface area contributed by atoms with E-state index in [2.05, 4.69) is 28.4 Å². The smallest absolute Gasteiger partial charge is 0.325 e. The first-order valence-electron chi connectivity index (χ1n) is 12.9. The molecule has 0 radical (unpaired) electrons. The van der Waals surface area contributed by atoms with Gasteiger partial charge in [0.2, 0.25) is 0 Å². The number of likely N-dealkylation sites (tertiary alicyclic amines) is 1. The molecule has 3 heterocycles. The number of urea groups is 1. The van der Waals surface area contributed by atoms with Crippen LogP contribution in [0.4, 0.5) is 4.79 Å². The van der Waals surface area contributed by atoms with E-state index < -0.39 is 5.54 Å². The summed E-state index contributed by atoms with van der Waals surface area (Å²) in [5, 5.41) is 3.83. The highest BCUT2D eigenvalue weighted by molar-refractivity contribution is 6.31. The summed E-state index contributed by atoms with van der Waals surface area (Å²) in [5.74, 6) is 1.48. The van der Waals surface area contributed by atoms with Crippen molar-refractivity contribution in [1.29, 1.82) is 0 Å². The summed E-state index contributed by atoms with van der Waals surface area (Å²) in [6.45, 7) is 4.00. The number of nitrogens with zero attached hydrogens (tertiary/aromatic N) is 2. The average molecular weight is 494 g/mol. The predicted octanol–water partition coefficient (Wildman–Crippen LogP) is 4.43. The van der Waals surface area contributed by atoms with Crippen molar-refractivity contribution in [2.75, 3.05) is 26.2 Å². The molecule has 184 valence electrons. The van der Waals surface area contributed by atoms with Crippen molar-refractivity contribution >= 4 is 23.5 Å². The molecule has 3 aliphatic heterocycles.